The van der Waals surface area contributed by atoms with Gasteiger partial charge in [0.2, 0.25) is 0 Å². The molecule has 4 heteroatoms. The fraction of sp³-hybridized carbons (Fsp3) is 0.294. The Morgan fingerprint density at radius 1 is 1.14 bits per heavy atom. The van der Waals surface area contributed by atoms with E-state index in [4.69, 9.17) is 0 Å². The van der Waals surface area contributed by atoms with Gasteiger partial charge in [-0.1, -0.05) is 22.0 Å². The molecule has 0 heterocycles. The molecule has 0 atom stereocenters. The summed E-state index contributed by atoms with van der Waals surface area (Å²) < 4.78 is 14.1. The van der Waals surface area contributed by atoms with Crippen molar-refractivity contribution in [1.29, 1.82) is 0 Å². The summed E-state index contributed by atoms with van der Waals surface area (Å²) in [6.07, 6.45) is 2.59. The van der Waals surface area contributed by atoms with E-state index in [0.29, 0.717) is 6.04 Å². The van der Waals surface area contributed by atoms with Crippen molar-refractivity contribution in [2.45, 2.75) is 25.4 Å². The number of nitrogens with one attached hydrogen (secondary N) is 1. The summed E-state index contributed by atoms with van der Waals surface area (Å²) in [7, 11) is 1.98. The highest BCUT2D eigenvalue weighted by molar-refractivity contribution is 9.10. The Kier molecular flexibility index (Phi) is 4.27. The van der Waals surface area contributed by atoms with Crippen LogP contribution in [0.1, 0.15) is 18.4 Å². The highest BCUT2D eigenvalue weighted by Crippen LogP contribution is 2.29. The lowest BCUT2D eigenvalue weighted by atomic mass is 10.2. The summed E-state index contributed by atoms with van der Waals surface area (Å²) in [5, 5.41) is 3.52. The number of hydrogen-bond donors (Lipinski definition) is 1. The van der Waals surface area contributed by atoms with E-state index in [1.165, 1.54) is 30.5 Å². The number of anilines is 2. The maximum atomic E-state index is 13.0. The number of hydrogen-bond acceptors (Lipinski definition) is 2. The van der Waals surface area contributed by atoms with Crippen LogP contribution in [0.4, 0.5) is 15.8 Å². The van der Waals surface area contributed by atoms with Gasteiger partial charge in [0.05, 0.1) is 0 Å². The molecule has 0 aromatic heterocycles. The predicted molar refractivity (Wildman–Crippen MR) is 88.5 cm³/mol. The van der Waals surface area contributed by atoms with Gasteiger partial charge in [0.15, 0.2) is 0 Å². The molecule has 2 nitrogen and oxygen atoms in total. The molecule has 1 aliphatic carbocycles. The minimum Gasteiger partial charge on any atom is -0.345 e. The smallest absolute Gasteiger partial charge is 0.123 e. The number of nitrogens with zero attached hydrogens (tertiary/aromatic N) is 1. The van der Waals surface area contributed by atoms with E-state index >= 15 is 0 Å². The maximum absolute atomic E-state index is 13.0. The van der Waals surface area contributed by atoms with Gasteiger partial charge in [-0.3, -0.25) is 0 Å². The van der Waals surface area contributed by atoms with E-state index in [0.717, 1.165) is 22.4 Å². The van der Waals surface area contributed by atoms with Crippen molar-refractivity contribution < 1.29 is 4.39 Å². The molecule has 1 aliphatic rings. The van der Waals surface area contributed by atoms with Crippen LogP contribution in [0.15, 0.2) is 46.9 Å². The van der Waals surface area contributed by atoms with Crippen molar-refractivity contribution in [2.24, 2.45) is 0 Å². The molecule has 0 radical (unpaired) electrons. The van der Waals surface area contributed by atoms with Crippen molar-refractivity contribution >= 4 is 27.3 Å². The minimum absolute atomic E-state index is 0.213. The van der Waals surface area contributed by atoms with E-state index in [1.54, 1.807) is 12.1 Å². The third-order valence-corrected chi connectivity index (χ3v) is 4.53. The van der Waals surface area contributed by atoms with Gasteiger partial charge in [-0.15, -0.1) is 0 Å². The lowest BCUT2D eigenvalue weighted by Gasteiger charge is -2.20. The van der Waals surface area contributed by atoms with Crippen molar-refractivity contribution in [3.05, 3.63) is 58.3 Å². The number of benzene rings is 2. The average Bonchev–Trinajstić information content (AvgIpc) is 3.30. The molecule has 1 N–H and O–H groups in total. The van der Waals surface area contributed by atoms with Gasteiger partial charge >= 0.3 is 0 Å². The first-order chi connectivity index (χ1) is 10.1. The van der Waals surface area contributed by atoms with Gasteiger partial charge in [0.25, 0.3) is 0 Å². The second kappa shape index (κ2) is 6.16. The normalized spacial score (nSPS) is 14.2. The molecule has 0 aliphatic heterocycles. The summed E-state index contributed by atoms with van der Waals surface area (Å²) in [5.74, 6) is -0.213. The van der Waals surface area contributed by atoms with E-state index in [-0.39, 0.29) is 5.82 Å². The van der Waals surface area contributed by atoms with Crippen molar-refractivity contribution in [2.75, 3.05) is 11.9 Å². The Labute approximate surface area is 133 Å². The van der Waals surface area contributed by atoms with Crippen LogP contribution >= 0.6 is 15.9 Å². The summed E-state index contributed by atoms with van der Waals surface area (Å²) >= 11 is 3.64. The second-order valence-corrected chi connectivity index (χ2v) is 6.32. The molecule has 21 heavy (non-hydrogen) atoms. The summed E-state index contributed by atoms with van der Waals surface area (Å²) in [6, 6.07) is 13.6. The third kappa shape index (κ3) is 3.63. The lowest BCUT2D eigenvalue weighted by Crippen LogP contribution is -2.16. The molecule has 1 fully saturated rings. The SMILES string of the molecule is CN(c1ccc(F)cc1)c1ccc(CNC2CC2)c(Br)c1. The zero-order valence-corrected chi connectivity index (χ0v) is 13.5. The fourth-order valence-electron chi connectivity index (χ4n) is 2.24. The zero-order valence-electron chi connectivity index (χ0n) is 11.9. The first kappa shape index (κ1) is 14.5. The summed E-state index contributed by atoms with van der Waals surface area (Å²) in [4.78, 5) is 2.04. The minimum atomic E-state index is -0.213. The van der Waals surface area contributed by atoms with Gasteiger partial charge in [-0.05, 0) is 54.8 Å². The maximum Gasteiger partial charge on any atom is 0.123 e. The first-order valence-electron chi connectivity index (χ1n) is 7.14. The predicted octanol–water partition coefficient (Wildman–Crippen LogP) is 4.61. The third-order valence-electron chi connectivity index (χ3n) is 3.80. The van der Waals surface area contributed by atoms with E-state index in [9.17, 15) is 4.39 Å². The molecule has 0 saturated heterocycles. The number of halogens is 2. The van der Waals surface area contributed by atoms with Gasteiger partial charge in [-0.2, -0.15) is 0 Å². The van der Waals surface area contributed by atoms with Crippen LogP contribution in [0.2, 0.25) is 0 Å². The molecule has 0 unspecified atom stereocenters. The molecule has 2 aromatic rings. The van der Waals surface area contributed by atoms with E-state index in [1.807, 2.05) is 11.9 Å². The van der Waals surface area contributed by atoms with Gasteiger partial charge in [0, 0.05) is 35.5 Å². The van der Waals surface area contributed by atoms with Crippen LogP contribution in [0.3, 0.4) is 0 Å². The second-order valence-electron chi connectivity index (χ2n) is 5.47. The average molecular weight is 349 g/mol. The Bertz CT molecular complexity index is 623. The van der Waals surface area contributed by atoms with Gasteiger partial charge in [-0.25, -0.2) is 4.39 Å². The topological polar surface area (TPSA) is 15.3 Å². The Hall–Kier alpha value is -1.39. The van der Waals surface area contributed by atoms with Crippen LogP contribution in [0.25, 0.3) is 0 Å². The van der Waals surface area contributed by atoms with E-state index in [2.05, 4.69) is 39.4 Å². The van der Waals surface area contributed by atoms with Gasteiger partial charge in [0.1, 0.15) is 5.82 Å². The van der Waals surface area contributed by atoms with Crippen molar-refractivity contribution in [3.63, 3.8) is 0 Å². The Morgan fingerprint density at radius 2 is 1.81 bits per heavy atom. The zero-order chi connectivity index (χ0) is 14.8. The Morgan fingerprint density at radius 3 is 2.43 bits per heavy atom. The van der Waals surface area contributed by atoms with Crippen LogP contribution in [-0.2, 0) is 6.54 Å². The molecule has 2 aromatic carbocycles. The summed E-state index contributed by atoms with van der Waals surface area (Å²) in [6.45, 7) is 0.895. The highest BCUT2D eigenvalue weighted by Gasteiger charge is 2.20. The molecule has 3 rings (SSSR count). The van der Waals surface area contributed by atoms with Crippen molar-refractivity contribution in [3.8, 4) is 0 Å². The van der Waals surface area contributed by atoms with Gasteiger partial charge < -0.3 is 10.2 Å². The van der Waals surface area contributed by atoms with E-state index < -0.39 is 0 Å². The molecular weight excluding hydrogens is 331 g/mol. The molecule has 0 bridgehead atoms. The van der Waals surface area contributed by atoms with Crippen LogP contribution < -0.4 is 10.2 Å². The van der Waals surface area contributed by atoms with Crippen molar-refractivity contribution in [1.82, 2.24) is 5.32 Å². The molecule has 0 spiro atoms. The first-order valence-corrected chi connectivity index (χ1v) is 7.94. The summed E-state index contributed by atoms with van der Waals surface area (Å²) in [5.41, 5.74) is 3.30. The highest BCUT2D eigenvalue weighted by atomic mass is 79.9. The lowest BCUT2D eigenvalue weighted by molar-refractivity contribution is 0.628. The fourth-order valence-corrected chi connectivity index (χ4v) is 2.75. The van der Waals surface area contributed by atoms with Crippen LogP contribution in [0, 0.1) is 5.82 Å². The largest absolute Gasteiger partial charge is 0.345 e. The number of rotatable bonds is 5. The molecule has 0 amide bonds. The standard InChI is InChI=1S/C17H18BrFN2/c1-21(15-8-3-13(19)4-9-15)16-7-2-12(17(18)10-16)11-20-14-5-6-14/h2-4,7-10,14,20H,5-6,11H2,1H3. The van der Waals surface area contributed by atoms with Crippen LogP contribution in [-0.4, -0.2) is 13.1 Å². The Balaban J connectivity index is 1.75. The quantitative estimate of drug-likeness (QED) is 0.848. The van der Waals surface area contributed by atoms with Crippen LogP contribution in [0.5, 0.6) is 0 Å². The molecular formula is C17H18BrFN2. The molecule has 1 saturated carbocycles. The monoisotopic (exact) mass is 348 g/mol. The molecule has 110 valence electrons.